The zero-order chi connectivity index (χ0) is 13.8. The topological polar surface area (TPSA) is 19.4 Å². The van der Waals surface area contributed by atoms with E-state index in [1.807, 2.05) is 23.6 Å². The molecule has 0 radical (unpaired) electrons. The van der Waals surface area contributed by atoms with Crippen LogP contribution in [-0.4, -0.2) is 41.0 Å². The second kappa shape index (κ2) is 6.80. The zero-order valence-electron chi connectivity index (χ0n) is 11.3. The summed E-state index contributed by atoms with van der Waals surface area (Å²) >= 11 is 5.36. The fraction of sp³-hybridized carbons (Fsp3) is 0.400. The van der Waals surface area contributed by atoms with E-state index in [0.717, 1.165) is 39.3 Å². The Bertz CT molecular complexity index is 535. The van der Waals surface area contributed by atoms with Crippen LogP contribution in [0, 0.1) is 0 Å². The summed E-state index contributed by atoms with van der Waals surface area (Å²) in [6.07, 6.45) is 1.88. The summed E-state index contributed by atoms with van der Waals surface area (Å²) in [6, 6.07) is 10.5. The van der Waals surface area contributed by atoms with E-state index in [2.05, 4.69) is 55.0 Å². The third-order valence-electron chi connectivity index (χ3n) is 3.58. The highest BCUT2D eigenvalue weighted by Crippen LogP contribution is 2.23. The van der Waals surface area contributed by atoms with Crippen LogP contribution < -0.4 is 0 Å². The van der Waals surface area contributed by atoms with E-state index in [9.17, 15) is 0 Å². The van der Waals surface area contributed by atoms with Crippen LogP contribution in [0.4, 0.5) is 0 Å². The summed E-state index contributed by atoms with van der Waals surface area (Å²) in [7, 11) is 0. The van der Waals surface area contributed by atoms with Crippen LogP contribution in [-0.2, 0) is 13.1 Å². The first-order valence-corrected chi connectivity index (χ1v) is 8.49. The first kappa shape index (κ1) is 14.2. The molecule has 2 aromatic rings. The Morgan fingerprint density at radius 1 is 1.00 bits per heavy atom. The Kier molecular flexibility index (Phi) is 4.83. The Labute approximate surface area is 132 Å². The molecule has 20 heavy (non-hydrogen) atoms. The first-order chi connectivity index (χ1) is 9.79. The van der Waals surface area contributed by atoms with Gasteiger partial charge in [0.25, 0.3) is 0 Å². The molecule has 1 fully saturated rings. The fourth-order valence-electron chi connectivity index (χ4n) is 2.48. The summed E-state index contributed by atoms with van der Waals surface area (Å²) in [6.45, 7) is 6.59. The molecule has 1 saturated heterocycles. The number of pyridine rings is 1. The van der Waals surface area contributed by atoms with Crippen LogP contribution in [0.15, 0.2) is 40.3 Å². The Hall–Kier alpha value is -0.750. The van der Waals surface area contributed by atoms with Crippen molar-refractivity contribution in [2.75, 3.05) is 26.2 Å². The fourth-order valence-corrected chi connectivity index (χ4v) is 4.01. The second-order valence-corrected chi connectivity index (χ2v) is 7.63. The molecule has 1 aliphatic heterocycles. The minimum absolute atomic E-state index is 0.971. The number of halogens is 1. The van der Waals surface area contributed by atoms with Crippen molar-refractivity contribution >= 4 is 27.3 Å². The molecule has 3 nitrogen and oxygen atoms in total. The number of aromatic nitrogens is 1. The standard InChI is InChI=1S/C15H18BrN3S/c16-15-5-4-14(20-15)12-19-9-7-18(8-10-19)11-13-3-1-2-6-17-13/h1-6H,7-12H2. The summed E-state index contributed by atoms with van der Waals surface area (Å²) in [5.41, 5.74) is 1.17. The third-order valence-corrected chi connectivity index (χ3v) is 5.19. The molecular formula is C15H18BrN3S. The molecule has 2 aromatic heterocycles. The molecule has 0 aliphatic carbocycles. The normalized spacial score (nSPS) is 17.4. The Balaban J connectivity index is 1.47. The third kappa shape index (κ3) is 3.88. The molecule has 106 valence electrons. The van der Waals surface area contributed by atoms with Gasteiger partial charge in [0.15, 0.2) is 0 Å². The Morgan fingerprint density at radius 2 is 1.75 bits per heavy atom. The van der Waals surface area contributed by atoms with Gasteiger partial charge in [0, 0.05) is 50.3 Å². The van der Waals surface area contributed by atoms with Gasteiger partial charge in [0.1, 0.15) is 0 Å². The predicted octanol–water partition coefficient (Wildman–Crippen LogP) is 3.22. The number of hydrogen-bond donors (Lipinski definition) is 0. The number of thiophene rings is 1. The van der Waals surface area contributed by atoms with Gasteiger partial charge < -0.3 is 0 Å². The van der Waals surface area contributed by atoms with Crippen LogP contribution in [0.25, 0.3) is 0 Å². The molecule has 3 heterocycles. The van der Waals surface area contributed by atoms with Crippen molar-refractivity contribution in [2.24, 2.45) is 0 Å². The van der Waals surface area contributed by atoms with Crippen LogP contribution in [0.5, 0.6) is 0 Å². The highest BCUT2D eigenvalue weighted by atomic mass is 79.9. The van der Waals surface area contributed by atoms with E-state index >= 15 is 0 Å². The van der Waals surface area contributed by atoms with Crippen LogP contribution in [0.2, 0.25) is 0 Å². The van der Waals surface area contributed by atoms with Gasteiger partial charge in [-0.2, -0.15) is 0 Å². The summed E-state index contributed by atoms with van der Waals surface area (Å²) < 4.78 is 1.22. The molecule has 0 aromatic carbocycles. The van der Waals surface area contributed by atoms with Gasteiger partial charge in [-0.15, -0.1) is 11.3 Å². The molecule has 0 unspecified atom stereocenters. The number of piperazine rings is 1. The van der Waals surface area contributed by atoms with Crippen molar-refractivity contribution in [1.82, 2.24) is 14.8 Å². The van der Waals surface area contributed by atoms with Crippen molar-refractivity contribution in [2.45, 2.75) is 13.1 Å². The van der Waals surface area contributed by atoms with Gasteiger partial charge >= 0.3 is 0 Å². The summed E-state index contributed by atoms with van der Waals surface area (Å²) in [5.74, 6) is 0. The maximum absolute atomic E-state index is 4.40. The van der Waals surface area contributed by atoms with Crippen molar-refractivity contribution in [1.29, 1.82) is 0 Å². The van der Waals surface area contributed by atoms with Crippen molar-refractivity contribution in [3.8, 4) is 0 Å². The Morgan fingerprint density at radius 3 is 2.35 bits per heavy atom. The van der Waals surface area contributed by atoms with Gasteiger partial charge in [-0.25, -0.2) is 0 Å². The van der Waals surface area contributed by atoms with Crippen LogP contribution in [0.3, 0.4) is 0 Å². The molecule has 0 bridgehead atoms. The van der Waals surface area contributed by atoms with E-state index in [1.54, 1.807) is 0 Å². The van der Waals surface area contributed by atoms with Crippen molar-refractivity contribution in [3.63, 3.8) is 0 Å². The molecule has 5 heteroatoms. The molecule has 3 rings (SSSR count). The van der Waals surface area contributed by atoms with Gasteiger partial charge in [0.05, 0.1) is 9.48 Å². The zero-order valence-corrected chi connectivity index (χ0v) is 13.7. The van der Waals surface area contributed by atoms with E-state index in [0.29, 0.717) is 0 Å². The molecule has 0 amide bonds. The summed E-state index contributed by atoms with van der Waals surface area (Å²) in [5, 5.41) is 0. The SMILES string of the molecule is Brc1ccc(CN2CCN(Cc3ccccn3)CC2)s1. The largest absolute Gasteiger partial charge is 0.296 e. The van der Waals surface area contributed by atoms with E-state index in [-0.39, 0.29) is 0 Å². The minimum Gasteiger partial charge on any atom is -0.296 e. The molecule has 0 spiro atoms. The average molecular weight is 352 g/mol. The summed E-state index contributed by atoms with van der Waals surface area (Å²) in [4.78, 5) is 10.9. The lowest BCUT2D eigenvalue weighted by Crippen LogP contribution is -2.45. The molecule has 0 atom stereocenters. The van der Waals surface area contributed by atoms with Gasteiger partial charge in [-0.05, 0) is 40.2 Å². The lowest BCUT2D eigenvalue weighted by Gasteiger charge is -2.34. The van der Waals surface area contributed by atoms with E-state index in [1.165, 1.54) is 14.4 Å². The monoisotopic (exact) mass is 351 g/mol. The van der Waals surface area contributed by atoms with Crippen molar-refractivity contribution in [3.05, 3.63) is 50.9 Å². The lowest BCUT2D eigenvalue weighted by molar-refractivity contribution is 0.122. The molecule has 1 aliphatic rings. The molecule has 0 saturated carbocycles. The van der Waals surface area contributed by atoms with Crippen LogP contribution >= 0.6 is 27.3 Å². The van der Waals surface area contributed by atoms with Gasteiger partial charge in [-0.1, -0.05) is 6.07 Å². The van der Waals surface area contributed by atoms with Gasteiger partial charge in [-0.3, -0.25) is 14.8 Å². The smallest absolute Gasteiger partial charge is 0.0701 e. The van der Waals surface area contributed by atoms with E-state index < -0.39 is 0 Å². The second-order valence-electron chi connectivity index (χ2n) is 5.08. The first-order valence-electron chi connectivity index (χ1n) is 6.88. The van der Waals surface area contributed by atoms with Crippen molar-refractivity contribution < 1.29 is 0 Å². The maximum atomic E-state index is 4.40. The minimum atomic E-state index is 0.971. The predicted molar refractivity (Wildman–Crippen MR) is 86.8 cm³/mol. The van der Waals surface area contributed by atoms with Crippen LogP contribution in [0.1, 0.15) is 10.6 Å². The number of hydrogen-bond acceptors (Lipinski definition) is 4. The highest BCUT2D eigenvalue weighted by Gasteiger charge is 2.17. The maximum Gasteiger partial charge on any atom is 0.0701 e. The van der Waals surface area contributed by atoms with Gasteiger partial charge in [0.2, 0.25) is 0 Å². The number of nitrogens with zero attached hydrogens (tertiary/aromatic N) is 3. The average Bonchev–Trinajstić information content (AvgIpc) is 2.88. The molecule has 0 N–H and O–H groups in total. The number of rotatable bonds is 4. The lowest BCUT2D eigenvalue weighted by atomic mass is 10.2. The quantitative estimate of drug-likeness (QED) is 0.842. The van der Waals surface area contributed by atoms with E-state index in [4.69, 9.17) is 0 Å². The highest BCUT2D eigenvalue weighted by molar-refractivity contribution is 9.11. The molecular weight excluding hydrogens is 334 g/mol.